The van der Waals surface area contributed by atoms with Crippen LogP contribution >= 0.6 is 12.6 Å². The number of H-pyrrole nitrogens is 1. The van der Waals surface area contributed by atoms with Gasteiger partial charge in [0.2, 0.25) is 23.6 Å². The Morgan fingerprint density at radius 2 is 1.59 bits per heavy atom. The van der Waals surface area contributed by atoms with Crippen molar-refractivity contribution in [2.45, 2.75) is 43.9 Å². The number of rotatable bonds is 12. The van der Waals surface area contributed by atoms with Gasteiger partial charge in [0.05, 0.1) is 12.5 Å². The highest BCUT2D eigenvalue weighted by Gasteiger charge is 2.30. The number of thiol groups is 1. The van der Waals surface area contributed by atoms with Crippen molar-refractivity contribution < 1.29 is 29.1 Å². The summed E-state index contributed by atoms with van der Waals surface area (Å²) in [6, 6.07) is 2.51. The van der Waals surface area contributed by atoms with E-state index in [-0.39, 0.29) is 12.2 Å². The fraction of sp³-hybridized carbons (Fsp3) is 0.381. The number of carboxylic acid groups (broad SMARTS) is 1. The Balaban J connectivity index is 2.29. The topological polar surface area (TPSA) is 209 Å². The van der Waals surface area contributed by atoms with Crippen LogP contribution in [0.5, 0.6) is 0 Å². The second kappa shape index (κ2) is 12.0. The number of nitrogens with two attached hydrogens (primary N) is 2. The van der Waals surface area contributed by atoms with Crippen molar-refractivity contribution in [1.29, 1.82) is 0 Å². The minimum atomic E-state index is -1.58. The van der Waals surface area contributed by atoms with Crippen LogP contribution in [0.4, 0.5) is 0 Å². The Bertz CT molecular complexity index is 1070. The molecule has 1 aromatic carbocycles. The predicted octanol–water partition coefficient (Wildman–Crippen LogP) is -1.60. The Hall–Kier alpha value is -3.58. The number of aromatic nitrogens is 1. The van der Waals surface area contributed by atoms with Gasteiger partial charge in [-0.25, -0.2) is 4.79 Å². The van der Waals surface area contributed by atoms with Gasteiger partial charge in [-0.2, -0.15) is 12.6 Å². The molecule has 0 aliphatic rings. The molecule has 0 aliphatic carbocycles. The molecular formula is C21H28N6O6S. The first kappa shape index (κ1) is 26.7. The van der Waals surface area contributed by atoms with Gasteiger partial charge in [-0.3, -0.25) is 19.2 Å². The summed E-state index contributed by atoms with van der Waals surface area (Å²) < 4.78 is 0. The van der Waals surface area contributed by atoms with Gasteiger partial charge in [-0.05, 0) is 18.6 Å². The molecule has 184 valence electrons. The molecule has 0 saturated heterocycles. The van der Waals surface area contributed by atoms with Gasteiger partial charge >= 0.3 is 5.97 Å². The lowest BCUT2D eigenvalue weighted by Crippen LogP contribution is -2.58. The number of benzene rings is 1. The number of para-hydroxylation sites is 1. The minimum absolute atomic E-state index is 0.00890. The average molecular weight is 493 g/mol. The molecule has 2 rings (SSSR count). The molecule has 1 aromatic heterocycles. The summed E-state index contributed by atoms with van der Waals surface area (Å²) in [5.74, 6) is -4.60. The zero-order valence-corrected chi connectivity index (χ0v) is 19.3. The molecule has 0 saturated carbocycles. The lowest BCUT2D eigenvalue weighted by atomic mass is 10.0. The number of carboxylic acids is 1. The summed E-state index contributed by atoms with van der Waals surface area (Å²) in [7, 11) is 0. The van der Waals surface area contributed by atoms with Crippen LogP contribution in [0.3, 0.4) is 0 Å². The SMILES string of the molecule is CC(N)C(=O)NC(CS)C(=O)NC(Cc1c[nH]c2ccccc12)C(=O)NC(CC(N)=O)C(=O)O. The van der Waals surface area contributed by atoms with Crippen LogP contribution in [0.1, 0.15) is 18.9 Å². The van der Waals surface area contributed by atoms with Crippen molar-refractivity contribution in [1.82, 2.24) is 20.9 Å². The fourth-order valence-electron chi connectivity index (χ4n) is 3.17. The van der Waals surface area contributed by atoms with E-state index in [0.29, 0.717) is 5.56 Å². The third kappa shape index (κ3) is 7.22. The van der Waals surface area contributed by atoms with Crippen LogP contribution in [0.2, 0.25) is 0 Å². The number of fused-ring (bicyclic) bond motifs is 1. The molecule has 12 nitrogen and oxygen atoms in total. The Morgan fingerprint density at radius 1 is 1.00 bits per heavy atom. The van der Waals surface area contributed by atoms with E-state index < -0.39 is 60.2 Å². The third-order valence-electron chi connectivity index (χ3n) is 4.98. The number of carbonyl (C=O) groups excluding carboxylic acids is 4. The molecule has 4 unspecified atom stereocenters. The van der Waals surface area contributed by atoms with Crippen LogP contribution < -0.4 is 27.4 Å². The summed E-state index contributed by atoms with van der Waals surface area (Å²) in [6.45, 7) is 1.45. The molecule has 13 heteroatoms. The van der Waals surface area contributed by atoms with E-state index in [1.54, 1.807) is 12.3 Å². The highest BCUT2D eigenvalue weighted by molar-refractivity contribution is 7.80. The molecule has 9 N–H and O–H groups in total. The highest BCUT2D eigenvalue weighted by atomic mass is 32.1. The van der Waals surface area contributed by atoms with E-state index in [9.17, 15) is 29.1 Å². The second-order valence-electron chi connectivity index (χ2n) is 7.73. The maximum absolute atomic E-state index is 13.0. The van der Waals surface area contributed by atoms with Gasteiger partial charge < -0.3 is 37.5 Å². The monoisotopic (exact) mass is 492 g/mol. The summed E-state index contributed by atoms with van der Waals surface area (Å²) in [6.07, 6.45) is 1.03. The maximum atomic E-state index is 13.0. The van der Waals surface area contributed by atoms with E-state index in [1.165, 1.54) is 6.92 Å². The number of amides is 4. The van der Waals surface area contributed by atoms with E-state index in [0.717, 1.165) is 10.9 Å². The molecular weight excluding hydrogens is 464 g/mol. The van der Waals surface area contributed by atoms with Gasteiger partial charge in [0, 0.05) is 29.3 Å². The first-order valence-electron chi connectivity index (χ1n) is 10.4. The second-order valence-corrected chi connectivity index (χ2v) is 8.09. The summed E-state index contributed by atoms with van der Waals surface area (Å²) in [5, 5.41) is 17.3. The number of carbonyl (C=O) groups is 5. The predicted molar refractivity (Wildman–Crippen MR) is 127 cm³/mol. The standard InChI is InChI=1S/C21H28N6O6S/c1-10(22)18(29)27-16(9-34)20(31)25-14(19(30)26-15(21(32)33)7-17(23)28)6-11-8-24-13-5-3-2-4-12(11)13/h2-5,8,10,14-16,24,34H,6-7,9,22H2,1H3,(H2,23,28)(H,25,31)(H,26,30)(H,27,29)(H,32,33). The molecule has 4 atom stereocenters. The molecule has 34 heavy (non-hydrogen) atoms. The van der Waals surface area contributed by atoms with Gasteiger partial charge in [-0.15, -0.1) is 0 Å². The van der Waals surface area contributed by atoms with Gasteiger partial charge in [0.25, 0.3) is 0 Å². The molecule has 0 radical (unpaired) electrons. The average Bonchev–Trinajstić information content (AvgIpc) is 3.18. The van der Waals surface area contributed by atoms with Crippen LogP contribution in [0, 0.1) is 0 Å². The van der Waals surface area contributed by atoms with Crippen LogP contribution in [-0.2, 0) is 30.4 Å². The molecule has 0 aliphatic heterocycles. The van der Waals surface area contributed by atoms with Crippen molar-refractivity contribution in [2.24, 2.45) is 11.5 Å². The molecule has 0 fully saturated rings. The summed E-state index contributed by atoms with van der Waals surface area (Å²) >= 11 is 4.08. The Kier molecular flexibility index (Phi) is 9.45. The van der Waals surface area contributed by atoms with E-state index >= 15 is 0 Å². The quantitative estimate of drug-likeness (QED) is 0.163. The molecule has 0 spiro atoms. The first-order chi connectivity index (χ1) is 16.0. The van der Waals surface area contributed by atoms with Crippen molar-refractivity contribution in [3.05, 3.63) is 36.0 Å². The Morgan fingerprint density at radius 3 is 2.18 bits per heavy atom. The molecule has 2 aromatic rings. The van der Waals surface area contributed by atoms with Crippen molar-refractivity contribution in [3.63, 3.8) is 0 Å². The largest absolute Gasteiger partial charge is 0.480 e. The smallest absolute Gasteiger partial charge is 0.326 e. The number of primary amides is 1. The fourth-order valence-corrected chi connectivity index (χ4v) is 3.43. The summed E-state index contributed by atoms with van der Waals surface area (Å²) in [5.41, 5.74) is 12.1. The highest BCUT2D eigenvalue weighted by Crippen LogP contribution is 2.19. The third-order valence-corrected chi connectivity index (χ3v) is 5.35. The number of aromatic amines is 1. The van der Waals surface area contributed by atoms with Crippen LogP contribution in [0.15, 0.2) is 30.5 Å². The first-order valence-corrected chi connectivity index (χ1v) is 11.0. The minimum Gasteiger partial charge on any atom is -0.480 e. The van der Waals surface area contributed by atoms with Crippen LogP contribution in [0.25, 0.3) is 10.9 Å². The lowest BCUT2D eigenvalue weighted by molar-refractivity contribution is -0.143. The zero-order valence-electron chi connectivity index (χ0n) is 18.4. The van der Waals surface area contributed by atoms with Crippen molar-refractivity contribution in [2.75, 3.05) is 5.75 Å². The van der Waals surface area contributed by atoms with E-state index in [2.05, 4.69) is 33.6 Å². The number of aliphatic carboxylic acids is 1. The molecule has 1 heterocycles. The van der Waals surface area contributed by atoms with E-state index in [4.69, 9.17) is 11.5 Å². The summed E-state index contributed by atoms with van der Waals surface area (Å²) in [4.78, 5) is 63.5. The zero-order chi connectivity index (χ0) is 25.4. The van der Waals surface area contributed by atoms with Gasteiger partial charge in [0.15, 0.2) is 0 Å². The number of hydrogen-bond donors (Lipinski definition) is 8. The van der Waals surface area contributed by atoms with E-state index in [1.807, 2.05) is 18.2 Å². The van der Waals surface area contributed by atoms with Gasteiger partial charge in [-0.1, -0.05) is 18.2 Å². The number of hydrogen-bond acceptors (Lipinski definition) is 7. The molecule has 0 bridgehead atoms. The van der Waals surface area contributed by atoms with Gasteiger partial charge in [0.1, 0.15) is 18.1 Å². The maximum Gasteiger partial charge on any atom is 0.326 e. The van der Waals surface area contributed by atoms with Crippen molar-refractivity contribution >= 4 is 53.1 Å². The van der Waals surface area contributed by atoms with Crippen LogP contribution in [-0.4, -0.2) is 69.6 Å². The number of nitrogens with one attached hydrogen (secondary N) is 4. The Labute approximate surface area is 200 Å². The lowest BCUT2D eigenvalue weighted by Gasteiger charge is -2.24. The van der Waals surface area contributed by atoms with Crippen molar-refractivity contribution in [3.8, 4) is 0 Å². The normalized spacial score (nSPS) is 14.4. The molecule has 4 amide bonds.